The minimum Gasteiger partial charge on any atom is -0.442 e. The van der Waals surface area contributed by atoms with Gasteiger partial charge in [0, 0.05) is 33.1 Å². The van der Waals surface area contributed by atoms with Crippen molar-refractivity contribution >= 4 is 23.4 Å². The Kier molecular flexibility index (Phi) is 5.76. The zero-order valence-electron chi connectivity index (χ0n) is 15.2. The maximum absolute atomic E-state index is 14.7. The highest BCUT2D eigenvalue weighted by Gasteiger charge is 2.33. The number of carbonyl (C=O) groups is 2. The number of anilines is 2. The summed E-state index contributed by atoms with van der Waals surface area (Å²) in [5.74, 6) is -0.603. The second-order valence-corrected chi connectivity index (χ2v) is 6.61. The molecule has 144 valence electrons. The van der Waals surface area contributed by atoms with E-state index in [0.29, 0.717) is 44.1 Å². The molecule has 1 aromatic carbocycles. The summed E-state index contributed by atoms with van der Waals surface area (Å²) in [6, 6.07) is 6.82. The van der Waals surface area contributed by atoms with E-state index in [9.17, 15) is 14.0 Å². The van der Waals surface area contributed by atoms with Crippen molar-refractivity contribution in [1.82, 2.24) is 10.2 Å². The number of halogens is 1. The molecule has 2 heterocycles. The van der Waals surface area contributed by atoms with Gasteiger partial charge in [-0.15, -0.1) is 0 Å². The summed E-state index contributed by atoms with van der Waals surface area (Å²) in [7, 11) is 0. The average Bonchev–Trinajstić information content (AvgIpc) is 3.02. The van der Waals surface area contributed by atoms with Crippen LogP contribution in [0, 0.1) is 17.1 Å². The molecule has 3 rings (SSSR count). The lowest BCUT2D eigenvalue weighted by molar-refractivity contribution is -0.119. The normalized spacial score (nSPS) is 20.3. The van der Waals surface area contributed by atoms with E-state index in [0.717, 1.165) is 0 Å². The molecule has 2 aliphatic rings. The van der Waals surface area contributed by atoms with E-state index >= 15 is 0 Å². The Morgan fingerprint density at radius 1 is 1.37 bits per heavy atom. The number of hydrogen-bond donors (Lipinski definition) is 1. The predicted molar refractivity (Wildman–Crippen MR) is 97.0 cm³/mol. The number of nitriles is 1. The highest BCUT2D eigenvalue weighted by molar-refractivity contribution is 5.90. The van der Waals surface area contributed by atoms with Crippen LogP contribution in [0.5, 0.6) is 0 Å². The summed E-state index contributed by atoms with van der Waals surface area (Å²) in [5.41, 5.74) is 0.910. The monoisotopic (exact) mass is 375 g/mol. The van der Waals surface area contributed by atoms with Crippen LogP contribution in [0.25, 0.3) is 0 Å². The Bertz CT molecular complexity index is 758. The fraction of sp³-hybridized carbons (Fsp3) is 0.500. The van der Waals surface area contributed by atoms with Crippen LogP contribution in [-0.2, 0) is 9.53 Å². The van der Waals surface area contributed by atoms with Crippen molar-refractivity contribution in [3.8, 4) is 6.07 Å². The number of benzene rings is 1. The molecule has 0 aromatic heterocycles. The van der Waals surface area contributed by atoms with E-state index in [1.165, 1.54) is 17.9 Å². The van der Waals surface area contributed by atoms with Gasteiger partial charge in [-0.25, -0.2) is 9.18 Å². The van der Waals surface area contributed by atoms with Gasteiger partial charge in [-0.3, -0.25) is 14.6 Å². The lowest BCUT2D eigenvalue weighted by Gasteiger charge is -2.35. The van der Waals surface area contributed by atoms with Gasteiger partial charge in [-0.2, -0.15) is 5.26 Å². The highest BCUT2D eigenvalue weighted by atomic mass is 19.1. The molecule has 0 radical (unpaired) electrons. The summed E-state index contributed by atoms with van der Waals surface area (Å²) in [6.07, 6.45) is -1.01. The van der Waals surface area contributed by atoms with Gasteiger partial charge in [0.15, 0.2) is 0 Å². The molecule has 1 aromatic rings. The van der Waals surface area contributed by atoms with Gasteiger partial charge in [0.05, 0.1) is 37.1 Å². The smallest absolute Gasteiger partial charge is 0.414 e. The van der Waals surface area contributed by atoms with Crippen LogP contribution in [0.2, 0.25) is 0 Å². The first kappa shape index (κ1) is 18.9. The lowest BCUT2D eigenvalue weighted by Crippen LogP contribution is -2.46. The van der Waals surface area contributed by atoms with Gasteiger partial charge in [-0.1, -0.05) is 0 Å². The molecule has 2 amide bonds. The zero-order chi connectivity index (χ0) is 19.4. The van der Waals surface area contributed by atoms with Gasteiger partial charge < -0.3 is 15.0 Å². The van der Waals surface area contributed by atoms with Crippen LogP contribution in [0.4, 0.5) is 20.6 Å². The Morgan fingerprint density at radius 3 is 2.74 bits per heavy atom. The molecule has 27 heavy (non-hydrogen) atoms. The molecule has 2 fully saturated rings. The van der Waals surface area contributed by atoms with Crippen molar-refractivity contribution in [3.63, 3.8) is 0 Å². The Hall–Kier alpha value is -2.86. The van der Waals surface area contributed by atoms with E-state index in [1.807, 2.05) is 9.80 Å². The Morgan fingerprint density at radius 2 is 2.11 bits per heavy atom. The third-order valence-electron chi connectivity index (χ3n) is 4.70. The number of hydrogen-bond acceptors (Lipinski definition) is 6. The fourth-order valence-corrected chi connectivity index (χ4v) is 3.26. The molecular weight excluding hydrogens is 353 g/mol. The van der Waals surface area contributed by atoms with Crippen LogP contribution in [0.15, 0.2) is 18.2 Å². The van der Waals surface area contributed by atoms with Crippen molar-refractivity contribution in [1.29, 1.82) is 5.26 Å². The first-order valence-corrected chi connectivity index (χ1v) is 8.84. The first-order chi connectivity index (χ1) is 13.0. The first-order valence-electron chi connectivity index (χ1n) is 8.84. The number of piperazine rings is 1. The summed E-state index contributed by atoms with van der Waals surface area (Å²) in [4.78, 5) is 28.4. The minimum atomic E-state index is -0.553. The third kappa shape index (κ3) is 4.46. The van der Waals surface area contributed by atoms with Crippen molar-refractivity contribution < 1.29 is 18.7 Å². The number of amides is 2. The van der Waals surface area contributed by atoms with E-state index in [2.05, 4.69) is 11.4 Å². The molecular formula is C18H22FN5O3. The van der Waals surface area contributed by atoms with Gasteiger partial charge in [0.1, 0.15) is 11.9 Å². The summed E-state index contributed by atoms with van der Waals surface area (Å²) in [6.45, 7) is 4.95. The van der Waals surface area contributed by atoms with Crippen LogP contribution in [-0.4, -0.2) is 68.8 Å². The third-order valence-corrected chi connectivity index (χ3v) is 4.70. The SMILES string of the molecule is CC(=O)NC[C@H]1CN(c2ccc(N3CCN(CC#N)CC3)c(F)c2)C(=O)O1. The largest absolute Gasteiger partial charge is 0.442 e. The molecule has 1 atom stereocenters. The van der Waals surface area contributed by atoms with Gasteiger partial charge in [0.2, 0.25) is 5.91 Å². The van der Waals surface area contributed by atoms with E-state index in [4.69, 9.17) is 10.00 Å². The number of cyclic esters (lactones) is 1. The van der Waals surface area contributed by atoms with Crippen LogP contribution in [0.3, 0.4) is 0 Å². The molecule has 0 unspecified atom stereocenters. The summed E-state index contributed by atoms with van der Waals surface area (Å²) in [5, 5.41) is 11.4. The highest BCUT2D eigenvalue weighted by Crippen LogP contribution is 2.28. The van der Waals surface area contributed by atoms with E-state index in [1.54, 1.807) is 12.1 Å². The zero-order valence-corrected chi connectivity index (χ0v) is 15.2. The molecule has 9 heteroatoms. The standard InChI is InChI=1S/C18H22FN5O3/c1-13(25)21-11-15-12-24(18(26)27-15)14-2-3-17(16(19)10-14)23-8-6-22(5-4-20)7-9-23/h2-3,10,15H,5-9,11-12H2,1H3,(H,21,25)/t15-/m0/s1. The average molecular weight is 375 g/mol. The second-order valence-electron chi connectivity index (χ2n) is 6.61. The topological polar surface area (TPSA) is 88.9 Å². The van der Waals surface area contributed by atoms with Crippen molar-refractivity contribution in [2.45, 2.75) is 13.0 Å². The molecule has 1 N–H and O–H groups in total. The number of nitrogens with one attached hydrogen (secondary N) is 1. The molecule has 0 aliphatic carbocycles. The number of ether oxygens (including phenoxy) is 1. The maximum atomic E-state index is 14.7. The molecule has 0 saturated carbocycles. The second kappa shape index (κ2) is 8.22. The predicted octanol–water partition coefficient (Wildman–Crippen LogP) is 0.933. The van der Waals surface area contributed by atoms with Crippen molar-refractivity contribution in [2.24, 2.45) is 0 Å². The Balaban J connectivity index is 1.64. The lowest BCUT2D eigenvalue weighted by atomic mass is 10.2. The molecule has 2 aliphatic heterocycles. The quantitative estimate of drug-likeness (QED) is 0.771. The fourth-order valence-electron chi connectivity index (χ4n) is 3.26. The van der Waals surface area contributed by atoms with Crippen molar-refractivity contribution in [3.05, 3.63) is 24.0 Å². The molecule has 0 spiro atoms. The summed E-state index contributed by atoms with van der Waals surface area (Å²) >= 11 is 0. The van der Waals surface area contributed by atoms with E-state index < -0.39 is 18.0 Å². The molecule has 0 bridgehead atoms. The summed E-state index contributed by atoms with van der Waals surface area (Å²) < 4.78 is 19.9. The van der Waals surface area contributed by atoms with Gasteiger partial charge >= 0.3 is 6.09 Å². The minimum absolute atomic E-state index is 0.199. The molecule has 8 nitrogen and oxygen atoms in total. The van der Waals surface area contributed by atoms with Gasteiger partial charge in [-0.05, 0) is 18.2 Å². The molecule has 2 saturated heterocycles. The maximum Gasteiger partial charge on any atom is 0.414 e. The number of rotatable bonds is 5. The van der Waals surface area contributed by atoms with E-state index in [-0.39, 0.29) is 19.0 Å². The van der Waals surface area contributed by atoms with Crippen LogP contribution >= 0.6 is 0 Å². The Labute approximate surface area is 157 Å². The number of nitrogens with zero attached hydrogens (tertiary/aromatic N) is 4. The van der Waals surface area contributed by atoms with Gasteiger partial charge in [0.25, 0.3) is 0 Å². The van der Waals surface area contributed by atoms with Crippen molar-refractivity contribution in [2.75, 3.05) is 55.6 Å². The van der Waals surface area contributed by atoms with Crippen LogP contribution < -0.4 is 15.1 Å². The number of carbonyl (C=O) groups excluding carboxylic acids is 2. The van der Waals surface area contributed by atoms with Crippen LogP contribution in [0.1, 0.15) is 6.92 Å².